The lowest BCUT2D eigenvalue weighted by molar-refractivity contribution is 0.1000. The predicted octanol–water partition coefficient (Wildman–Crippen LogP) is 0.557. The number of nitrogens with zero attached hydrogens (tertiary/aromatic N) is 1. The molecule has 0 atom stereocenters. The monoisotopic (exact) mass is 203 g/mol. The average Bonchev–Trinajstić information content (AvgIpc) is 2.30. The predicted molar refractivity (Wildman–Crippen MR) is 58.2 cm³/mol. The minimum absolute atomic E-state index is 0.437. The Hall–Kier alpha value is -1.68. The van der Waals surface area contributed by atoms with Gasteiger partial charge in [-0.3, -0.25) is 9.78 Å². The molecule has 0 bridgehead atoms. The molecule has 4 nitrogen and oxygen atoms in total. The van der Waals surface area contributed by atoms with E-state index in [0.29, 0.717) is 5.56 Å². The average molecular weight is 203 g/mol. The fourth-order valence-electron chi connectivity index (χ4n) is 1.58. The molecular formula is C11H13N3O. The minimum Gasteiger partial charge on any atom is -0.366 e. The number of hydrogen-bond acceptors (Lipinski definition) is 3. The third kappa shape index (κ3) is 2.22. The van der Waals surface area contributed by atoms with Gasteiger partial charge < -0.3 is 11.1 Å². The highest BCUT2D eigenvalue weighted by atomic mass is 16.1. The van der Waals surface area contributed by atoms with Crippen molar-refractivity contribution < 1.29 is 4.79 Å². The molecule has 2 heterocycles. The van der Waals surface area contributed by atoms with Crippen LogP contribution >= 0.6 is 0 Å². The largest absolute Gasteiger partial charge is 0.366 e. The molecule has 1 aliphatic heterocycles. The highest BCUT2D eigenvalue weighted by Gasteiger charge is 2.07. The van der Waals surface area contributed by atoms with Gasteiger partial charge in [0.05, 0.1) is 11.3 Å². The molecule has 1 aliphatic rings. The number of carbonyl (C=O) groups excluding carboxylic acids is 1. The van der Waals surface area contributed by atoms with Crippen LogP contribution in [0.15, 0.2) is 24.4 Å². The molecule has 0 fully saturated rings. The molecular weight excluding hydrogens is 190 g/mol. The molecule has 0 aromatic carbocycles. The highest BCUT2D eigenvalue weighted by Crippen LogP contribution is 2.17. The molecule has 1 aromatic rings. The zero-order valence-electron chi connectivity index (χ0n) is 8.36. The second-order valence-electron chi connectivity index (χ2n) is 3.48. The fourth-order valence-corrected chi connectivity index (χ4v) is 1.58. The smallest absolute Gasteiger partial charge is 0.250 e. The van der Waals surface area contributed by atoms with Crippen LogP contribution in [0.5, 0.6) is 0 Å². The normalized spacial score (nSPS) is 15.9. The second kappa shape index (κ2) is 4.23. The van der Waals surface area contributed by atoms with Crippen LogP contribution in [0.25, 0.3) is 5.57 Å². The summed E-state index contributed by atoms with van der Waals surface area (Å²) >= 11 is 0. The van der Waals surface area contributed by atoms with Crippen molar-refractivity contribution in [2.75, 3.05) is 13.1 Å². The topological polar surface area (TPSA) is 68.0 Å². The van der Waals surface area contributed by atoms with Crippen LogP contribution in [0.2, 0.25) is 0 Å². The van der Waals surface area contributed by atoms with Crippen LogP contribution in [0.3, 0.4) is 0 Å². The van der Waals surface area contributed by atoms with E-state index in [1.165, 1.54) is 11.8 Å². The Morgan fingerprint density at radius 3 is 2.87 bits per heavy atom. The number of hydrogen-bond donors (Lipinski definition) is 2. The number of carbonyl (C=O) groups is 1. The molecule has 2 rings (SSSR count). The maximum atomic E-state index is 10.8. The van der Waals surface area contributed by atoms with Gasteiger partial charge in [-0.1, -0.05) is 6.08 Å². The number of pyridine rings is 1. The summed E-state index contributed by atoms with van der Waals surface area (Å²) in [5, 5.41) is 3.24. The molecule has 0 spiro atoms. The third-order valence-electron chi connectivity index (χ3n) is 2.44. The highest BCUT2D eigenvalue weighted by molar-refractivity contribution is 5.92. The van der Waals surface area contributed by atoms with Gasteiger partial charge in [-0.15, -0.1) is 0 Å². The van der Waals surface area contributed by atoms with E-state index in [4.69, 9.17) is 5.73 Å². The molecule has 0 saturated carbocycles. The van der Waals surface area contributed by atoms with Crippen molar-refractivity contribution in [3.05, 3.63) is 35.7 Å². The molecule has 0 unspecified atom stereocenters. The Morgan fingerprint density at radius 1 is 1.47 bits per heavy atom. The van der Waals surface area contributed by atoms with E-state index in [1.54, 1.807) is 6.07 Å². The van der Waals surface area contributed by atoms with E-state index in [-0.39, 0.29) is 0 Å². The van der Waals surface area contributed by atoms with Crippen molar-refractivity contribution in [2.45, 2.75) is 6.42 Å². The van der Waals surface area contributed by atoms with Crippen molar-refractivity contribution >= 4 is 11.5 Å². The Bertz CT molecular complexity index is 395. The Morgan fingerprint density at radius 2 is 2.33 bits per heavy atom. The first-order valence-corrected chi connectivity index (χ1v) is 4.93. The SMILES string of the molecule is NC(=O)c1ccc(C2=CCNCC2)nc1. The lowest BCUT2D eigenvalue weighted by Gasteiger charge is -2.13. The zero-order valence-corrected chi connectivity index (χ0v) is 8.36. The molecule has 0 saturated heterocycles. The van der Waals surface area contributed by atoms with Gasteiger partial charge in [0.15, 0.2) is 0 Å². The first-order chi connectivity index (χ1) is 7.27. The van der Waals surface area contributed by atoms with E-state index < -0.39 is 5.91 Å². The van der Waals surface area contributed by atoms with Gasteiger partial charge in [-0.25, -0.2) is 0 Å². The number of aromatic nitrogens is 1. The second-order valence-corrected chi connectivity index (χ2v) is 3.48. The van der Waals surface area contributed by atoms with Crippen LogP contribution < -0.4 is 11.1 Å². The minimum atomic E-state index is -0.437. The standard InChI is InChI=1S/C11H13N3O/c12-11(15)9-1-2-10(14-7-9)8-3-5-13-6-4-8/h1-3,7,13H,4-6H2,(H2,12,15). The molecule has 78 valence electrons. The van der Waals surface area contributed by atoms with Crippen LogP contribution in [0.1, 0.15) is 22.5 Å². The molecule has 0 radical (unpaired) electrons. The number of nitrogens with two attached hydrogens (primary N) is 1. The zero-order chi connectivity index (χ0) is 10.7. The first kappa shape index (κ1) is 9.86. The lowest BCUT2D eigenvalue weighted by Crippen LogP contribution is -2.20. The van der Waals surface area contributed by atoms with Gasteiger partial charge >= 0.3 is 0 Å². The van der Waals surface area contributed by atoms with Gasteiger partial charge in [0.1, 0.15) is 0 Å². The molecule has 3 N–H and O–H groups in total. The van der Waals surface area contributed by atoms with Crippen molar-refractivity contribution in [1.29, 1.82) is 0 Å². The lowest BCUT2D eigenvalue weighted by atomic mass is 10.0. The van der Waals surface area contributed by atoms with E-state index in [2.05, 4.69) is 16.4 Å². The van der Waals surface area contributed by atoms with Crippen molar-refractivity contribution in [3.63, 3.8) is 0 Å². The summed E-state index contributed by atoms with van der Waals surface area (Å²) in [5.74, 6) is -0.437. The van der Waals surface area contributed by atoms with Crippen LogP contribution in [-0.2, 0) is 0 Å². The quantitative estimate of drug-likeness (QED) is 0.737. The fraction of sp³-hybridized carbons (Fsp3) is 0.273. The van der Waals surface area contributed by atoms with E-state index >= 15 is 0 Å². The summed E-state index contributed by atoms with van der Waals surface area (Å²) in [6, 6.07) is 3.56. The van der Waals surface area contributed by atoms with E-state index in [0.717, 1.165) is 25.2 Å². The van der Waals surface area contributed by atoms with Crippen LogP contribution in [0.4, 0.5) is 0 Å². The number of amides is 1. The molecule has 15 heavy (non-hydrogen) atoms. The Balaban J connectivity index is 2.23. The number of primary amides is 1. The molecule has 0 aliphatic carbocycles. The molecule has 1 amide bonds. The third-order valence-corrected chi connectivity index (χ3v) is 2.44. The summed E-state index contributed by atoms with van der Waals surface area (Å²) < 4.78 is 0. The number of rotatable bonds is 2. The molecule has 1 aromatic heterocycles. The van der Waals surface area contributed by atoms with Crippen LogP contribution in [-0.4, -0.2) is 24.0 Å². The maximum absolute atomic E-state index is 10.8. The Labute approximate surface area is 88.2 Å². The van der Waals surface area contributed by atoms with Gasteiger partial charge in [-0.05, 0) is 30.7 Å². The summed E-state index contributed by atoms with van der Waals surface area (Å²) in [5.41, 5.74) is 7.75. The van der Waals surface area contributed by atoms with Crippen molar-refractivity contribution in [1.82, 2.24) is 10.3 Å². The van der Waals surface area contributed by atoms with Crippen molar-refractivity contribution in [2.24, 2.45) is 5.73 Å². The molecule has 4 heteroatoms. The summed E-state index contributed by atoms with van der Waals surface area (Å²) in [4.78, 5) is 15.1. The summed E-state index contributed by atoms with van der Waals surface area (Å²) in [6.07, 6.45) is 4.62. The maximum Gasteiger partial charge on any atom is 0.250 e. The number of nitrogens with one attached hydrogen (secondary N) is 1. The van der Waals surface area contributed by atoms with Crippen LogP contribution in [0, 0.1) is 0 Å². The van der Waals surface area contributed by atoms with Gasteiger partial charge in [0.25, 0.3) is 0 Å². The van der Waals surface area contributed by atoms with Crippen molar-refractivity contribution in [3.8, 4) is 0 Å². The van der Waals surface area contributed by atoms with Gasteiger partial charge in [0.2, 0.25) is 5.91 Å². The van der Waals surface area contributed by atoms with Gasteiger partial charge in [-0.2, -0.15) is 0 Å². The first-order valence-electron chi connectivity index (χ1n) is 4.93. The van der Waals surface area contributed by atoms with E-state index in [9.17, 15) is 4.79 Å². The van der Waals surface area contributed by atoms with E-state index in [1.807, 2.05) is 6.07 Å². The van der Waals surface area contributed by atoms with Gasteiger partial charge in [0, 0.05) is 12.7 Å². The summed E-state index contributed by atoms with van der Waals surface area (Å²) in [6.45, 7) is 1.86. The summed E-state index contributed by atoms with van der Waals surface area (Å²) in [7, 11) is 0. The Kier molecular flexibility index (Phi) is 2.78.